The zero-order valence-electron chi connectivity index (χ0n) is 11.4. The van der Waals surface area contributed by atoms with Crippen molar-refractivity contribution in [3.8, 4) is 16.9 Å². The van der Waals surface area contributed by atoms with Gasteiger partial charge in [0.25, 0.3) is 0 Å². The van der Waals surface area contributed by atoms with Crippen LogP contribution >= 0.6 is 0 Å². The Morgan fingerprint density at radius 1 is 1.19 bits per heavy atom. The van der Waals surface area contributed by atoms with Crippen molar-refractivity contribution >= 4 is 5.97 Å². The molecule has 0 aliphatic rings. The van der Waals surface area contributed by atoms with Crippen molar-refractivity contribution in [1.29, 1.82) is 0 Å². The Morgan fingerprint density at radius 3 is 2.71 bits per heavy atom. The zero-order valence-corrected chi connectivity index (χ0v) is 11.4. The summed E-state index contributed by atoms with van der Waals surface area (Å²) in [5.41, 5.74) is 3.02. The van der Waals surface area contributed by atoms with Crippen LogP contribution < -0.4 is 5.11 Å². The first-order valence-corrected chi connectivity index (χ1v) is 6.44. The minimum Gasteiger partial charge on any atom is -0.543 e. The van der Waals surface area contributed by atoms with Crippen molar-refractivity contribution in [2.24, 2.45) is 0 Å². The summed E-state index contributed by atoms with van der Waals surface area (Å²) < 4.78 is 1.38. The number of pyridine rings is 1. The standard InChI is InChI=1S/C16H13N3O2/c1-11-4-2-6-13(8-11)19-15(16(20)21)9-14(18-19)12-5-3-7-17-10-12/h2-10H,1H3,(H,20,21)/p-1. The highest BCUT2D eigenvalue weighted by Gasteiger charge is 2.12. The molecule has 0 atom stereocenters. The number of aromatic carboxylic acids is 1. The lowest BCUT2D eigenvalue weighted by molar-refractivity contribution is -0.255. The number of hydrogen-bond acceptors (Lipinski definition) is 4. The molecule has 3 aromatic rings. The molecule has 0 spiro atoms. The van der Waals surface area contributed by atoms with Crippen molar-refractivity contribution in [1.82, 2.24) is 14.8 Å². The third-order valence-corrected chi connectivity index (χ3v) is 3.12. The van der Waals surface area contributed by atoms with Crippen LogP contribution in [-0.4, -0.2) is 20.7 Å². The number of benzene rings is 1. The fraction of sp³-hybridized carbons (Fsp3) is 0.0625. The van der Waals surface area contributed by atoms with Gasteiger partial charge in [0.05, 0.1) is 23.0 Å². The molecule has 5 heteroatoms. The molecule has 2 heterocycles. The van der Waals surface area contributed by atoms with E-state index in [1.807, 2.05) is 31.2 Å². The van der Waals surface area contributed by atoms with E-state index in [9.17, 15) is 9.90 Å². The van der Waals surface area contributed by atoms with E-state index >= 15 is 0 Å². The second-order valence-electron chi connectivity index (χ2n) is 4.69. The molecule has 0 saturated heterocycles. The quantitative estimate of drug-likeness (QED) is 0.729. The lowest BCUT2D eigenvalue weighted by Crippen LogP contribution is -2.25. The molecule has 0 saturated carbocycles. The van der Waals surface area contributed by atoms with Gasteiger partial charge in [0.15, 0.2) is 0 Å². The highest BCUT2D eigenvalue weighted by atomic mass is 16.4. The molecule has 0 fully saturated rings. The van der Waals surface area contributed by atoms with E-state index in [0.717, 1.165) is 11.1 Å². The van der Waals surface area contributed by atoms with Gasteiger partial charge in [0, 0.05) is 18.0 Å². The second kappa shape index (κ2) is 5.20. The fourth-order valence-electron chi connectivity index (χ4n) is 2.14. The van der Waals surface area contributed by atoms with Crippen LogP contribution in [-0.2, 0) is 0 Å². The number of nitrogens with zero attached hydrogens (tertiary/aromatic N) is 3. The number of hydrogen-bond donors (Lipinski definition) is 0. The van der Waals surface area contributed by atoms with Crippen LogP contribution in [0.1, 0.15) is 16.1 Å². The Balaban J connectivity index is 2.16. The van der Waals surface area contributed by atoms with Crippen molar-refractivity contribution in [3.63, 3.8) is 0 Å². The summed E-state index contributed by atoms with van der Waals surface area (Å²) in [7, 11) is 0. The van der Waals surface area contributed by atoms with Crippen molar-refractivity contribution in [2.45, 2.75) is 6.92 Å². The highest BCUT2D eigenvalue weighted by molar-refractivity contribution is 5.86. The maximum absolute atomic E-state index is 11.3. The van der Waals surface area contributed by atoms with Gasteiger partial charge in [0.1, 0.15) is 0 Å². The van der Waals surface area contributed by atoms with E-state index in [2.05, 4.69) is 10.1 Å². The van der Waals surface area contributed by atoms with Crippen molar-refractivity contribution in [2.75, 3.05) is 0 Å². The highest BCUT2D eigenvalue weighted by Crippen LogP contribution is 2.21. The Bertz CT molecular complexity index is 794. The van der Waals surface area contributed by atoms with Crippen molar-refractivity contribution < 1.29 is 9.90 Å². The predicted octanol–water partition coefficient (Wildman–Crippen LogP) is 1.61. The van der Waals surface area contributed by atoms with Gasteiger partial charge < -0.3 is 9.90 Å². The molecule has 104 valence electrons. The summed E-state index contributed by atoms with van der Waals surface area (Å²) in [4.78, 5) is 15.4. The summed E-state index contributed by atoms with van der Waals surface area (Å²) in [6.07, 6.45) is 3.29. The van der Waals surface area contributed by atoms with Crippen LogP contribution in [0.5, 0.6) is 0 Å². The summed E-state index contributed by atoms with van der Waals surface area (Å²) in [6, 6.07) is 12.6. The van der Waals surface area contributed by atoms with Crippen molar-refractivity contribution in [3.05, 3.63) is 66.1 Å². The number of carbonyl (C=O) groups excluding carboxylic acids is 1. The molecule has 0 aliphatic carbocycles. The van der Waals surface area contributed by atoms with E-state index in [-0.39, 0.29) is 5.69 Å². The number of aryl methyl sites for hydroxylation is 1. The Hall–Kier alpha value is -2.95. The number of aromatic nitrogens is 3. The summed E-state index contributed by atoms with van der Waals surface area (Å²) in [5, 5.41) is 15.7. The molecule has 1 aromatic carbocycles. The average molecular weight is 278 g/mol. The first kappa shape index (κ1) is 13.1. The van der Waals surface area contributed by atoms with E-state index in [4.69, 9.17) is 0 Å². The second-order valence-corrected chi connectivity index (χ2v) is 4.69. The lowest BCUT2D eigenvalue weighted by atomic mass is 10.2. The van der Waals surface area contributed by atoms with E-state index in [1.54, 1.807) is 24.5 Å². The molecule has 0 N–H and O–H groups in total. The molecule has 5 nitrogen and oxygen atoms in total. The maximum atomic E-state index is 11.3. The van der Waals surface area contributed by atoms with Gasteiger partial charge in [0.2, 0.25) is 0 Å². The molecular formula is C16H12N3O2-. The summed E-state index contributed by atoms with van der Waals surface area (Å²) in [5.74, 6) is -1.26. The molecule has 0 unspecified atom stereocenters. The van der Waals surface area contributed by atoms with E-state index in [1.165, 1.54) is 10.7 Å². The van der Waals surface area contributed by atoms with Crippen LogP contribution in [0.15, 0.2) is 54.9 Å². The average Bonchev–Trinajstić information content (AvgIpc) is 2.93. The van der Waals surface area contributed by atoms with Crippen LogP contribution in [0, 0.1) is 6.92 Å². The van der Waals surface area contributed by atoms with Crippen LogP contribution in [0.4, 0.5) is 0 Å². The minimum atomic E-state index is -1.26. The first-order chi connectivity index (χ1) is 10.1. The SMILES string of the molecule is Cc1cccc(-n2nc(-c3cccnc3)cc2C(=O)[O-])c1. The van der Waals surface area contributed by atoms with Gasteiger partial charge in [-0.2, -0.15) is 5.10 Å². The smallest absolute Gasteiger partial charge is 0.0950 e. The van der Waals surface area contributed by atoms with Gasteiger partial charge in [-0.25, -0.2) is 4.68 Å². The number of carboxylic acid groups (broad SMARTS) is 1. The normalized spacial score (nSPS) is 10.5. The van der Waals surface area contributed by atoms with Crippen LogP contribution in [0.2, 0.25) is 0 Å². The van der Waals surface area contributed by atoms with E-state index < -0.39 is 5.97 Å². The van der Waals surface area contributed by atoms with Crippen LogP contribution in [0.25, 0.3) is 16.9 Å². The number of rotatable bonds is 3. The van der Waals surface area contributed by atoms with Gasteiger partial charge in [-0.05, 0) is 42.8 Å². The van der Waals surface area contributed by atoms with Gasteiger partial charge in [-0.1, -0.05) is 12.1 Å². The Morgan fingerprint density at radius 2 is 2.05 bits per heavy atom. The topological polar surface area (TPSA) is 70.8 Å². The Labute approximate surface area is 121 Å². The fourth-order valence-corrected chi connectivity index (χ4v) is 2.14. The van der Waals surface area contributed by atoms with Crippen LogP contribution in [0.3, 0.4) is 0 Å². The largest absolute Gasteiger partial charge is 0.543 e. The Kier molecular flexibility index (Phi) is 3.23. The summed E-state index contributed by atoms with van der Waals surface area (Å²) >= 11 is 0. The molecule has 0 amide bonds. The minimum absolute atomic E-state index is 0.0134. The lowest BCUT2D eigenvalue weighted by Gasteiger charge is -2.08. The zero-order chi connectivity index (χ0) is 14.8. The third-order valence-electron chi connectivity index (χ3n) is 3.12. The first-order valence-electron chi connectivity index (χ1n) is 6.44. The molecule has 0 radical (unpaired) electrons. The molecule has 0 aliphatic heterocycles. The van der Waals surface area contributed by atoms with E-state index in [0.29, 0.717) is 11.4 Å². The molecule has 21 heavy (non-hydrogen) atoms. The van der Waals surface area contributed by atoms with Gasteiger partial charge in [-0.3, -0.25) is 4.98 Å². The monoisotopic (exact) mass is 278 g/mol. The number of carboxylic acids is 1. The summed E-state index contributed by atoms with van der Waals surface area (Å²) in [6.45, 7) is 1.94. The molecule has 3 rings (SSSR count). The maximum Gasteiger partial charge on any atom is 0.0950 e. The molecule has 0 bridgehead atoms. The van der Waals surface area contributed by atoms with Gasteiger partial charge >= 0.3 is 0 Å². The third kappa shape index (κ3) is 2.53. The molecule has 2 aromatic heterocycles. The van der Waals surface area contributed by atoms with Gasteiger partial charge in [-0.15, -0.1) is 0 Å². The predicted molar refractivity (Wildman–Crippen MR) is 75.9 cm³/mol. The molecular weight excluding hydrogens is 266 g/mol. The number of carbonyl (C=O) groups is 1.